The van der Waals surface area contributed by atoms with Gasteiger partial charge in [-0.15, -0.1) is 0 Å². The van der Waals surface area contributed by atoms with Crippen molar-refractivity contribution in [2.75, 3.05) is 0 Å². The monoisotopic (exact) mass is 364 g/mol. The van der Waals surface area contributed by atoms with Gasteiger partial charge in [0.2, 0.25) is 0 Å². The van der Waals surface area contributed by atoms with Gasteiger partial charge >= 0.3 is 0 Å². The molecule has 1 amide bonds. The number of halogens is 1. The highest BCUT2D eigenvalue weighted by Crippen LogP contribution is 2.14. The lowest BCUT2D eigenvalue weighted by Crippen LogP contribution is -2.17. The standard InChI is InChI=1S/C21H17ClN2O2/c22-19-8-4-7-17(13-19)14-23-24-21(25)18-9-11-20(12-10-18)26-15-16-5-2-1-3-6-16/h1-14H,15H2,(H,24,25)/b23-14-. The molecule has 0 radical (unpaired) electrons. The van der Waals surface area contributed by atoms with Crippen LogP contribution in [-0.4, -0.2) is 12.1 Å². The molecule has 0 aliphatic rings. The first kappa shape index (κ1) is 17.7. The summed E-state index contributed by atoms with van der Waals surface area (Å²) >= 11 is 5.90. The quantitative estimate of drug-likeness (QED) is 0.510. The molecule has 4 nitrogen and oxygen atoms in total. The molecule has 130 valence electrons. The van der Waals surface area contributed by atoms with Crippen molar-refractivity contribution < 1.29 is 9.53 Å². The highest BCUT2D eigenvalue weighted by atomic mass is 35.5. The molecular weight excluding hydrogens is 348 g/mol. The van der Waals surface area contributed by atoms with E-state index in [0.29, 0.717) is 22.9 Å². The zero-order valence-corrected chi connectivity index (χ0v) is 14.7. The van der Waals surface area contributed by atoms with Gasteiger partial charge in [-0.2, -0.15) is 5.10 Å². The van der Waals surface area contributed by atoms with Crippen molar-refractivity contribution in [3.63, 3.8) is 0 Å². The highest BCUT2D eigenvalue weighted by Gasteiger charge is 2.04. The van der Waals surface area contributed by atoms with Gasteiger partial charge in [0.05, 0.1) is 6.21 Å². The third-order valence-electron chi connectivity index (χ3n) is 3.59. The molecular formula is C21H17ClN2O2. The molecule has 26 heavy (non-hydrogen) atoms. The van der Waals surface area contributed by atoms with E-state index in [1.165, 1.54) is 0 Å². The van der Waals surface area contributed by atoms with Crippen LogP contribution in [0.2, 0.25) is 5.02 Å². The molecule has 3 aromatic carbocycles. The summed E-state index contributed by atoms with van der Waals surface area (Å²) in [5.41, 5.74) is 4.89. The Balaban J connectivity index is 1.53. The lowest BCUT2D eigenvalue weighted by atomic mass is 10.2. The minimum absolute atomic E-state index is 0.294. The molecule has 0 unspecified atom stereocenters. The number of nitrogens with one attached hydrogen (secondary N) is 1. The molecule has 0 aromatic heterocycles. The molecule has 3 rings (SSSR count). The van der Waals surface area contributed by atoms with Gasteiger partial charge in [-0.1, -0.05) is 54.1 Å². The molecule has 0 aliphatic heterocycles. The summed E-state index contributed by atoms with van der Waals surface area (Å²) in [6, 6.07) is 24.0. The Labute approximate surface area is 157 Å². The van der Waals surface area contributed by atoms with E-state index in [4.69, 9.17) is 16.3 Å². The number of ether oxygens (including phenoxy) is 1. The van der Waals surface area contributed by atoms with Crippen molar-refractivity contribution in [2.45, 2.75) is 6.61 Å². The second-order valence-electron chi connectivity index (χ2n) is 5.55. The second kappa shape index (κ2) is 8.83. The number of carbonyl (C=O) groups is 1. The summed E-state index contributed by atoms with van der Waals surface area (Å²) in [4.78, 5) is 12.1. The first-order valence-corrected chi connectivity index (χ1v) is 8.44. The number of hydrazone groups is 1. The van der Waals surface area contributed by atoms with Crippen molar-refractivity contribution >= 4 is 23.7 Å². The Morgan fingerprint density at radius 1 is 1.00 bits per heavy atom. The molecule has 1 N–H and O–H groups in total. The SMILES string of the molecule is O=C(N/N=C\c1cccc(Cl)c1)c1ccc(OCc2ccccc2)cc1. The van der Waals surface area contributed by atoms with Crippen LogP contribution in [0.4, 0.5) is 0 Å². The maximum absolute atomic E-state index is 12.1. The second-order valence-corrected chi connectivity index (χ2v) is 5.99. The number of carbonyl (C=O) groups excluding carboxylic acids is 1. The van der Waals surface area contributed by atoms with Gasteiger partial charge in [0.1, 0.15) is 12.4 Å². The van der Waals surface area contributed by atoms with Crippen LogP contribution in [0.1, 0.15) is 21.5 Å². The molecule has 3 aromatic rings. The van der Waals surface area contributed by atoms with Crippen LogP contribution in [0.25, 0.3) is 0 Å². The smallest absolute Gasteiger partial charge is 0.271 e. The molecule has 0 fully saturated rings. The molecule has 0 aliphatic carbocycles. The van der Waals surface area contributed by atoms with Crippen molar-refractivity contribution in [1.29, 1.82) is 0 Å². The maximum atomic E-state index is 12.1. The summed E-state index contributed by atoms with van der Waals surface area (Å²) < 4.78 is 5.70. The van der Waals surface area contributed by atoms with Gasteiger partial charge in [0, 0.05) is 10.6 Å². The molecule has 0 heterocycles. The van der Waals surface area contributed by atoms with Gasteiger partial charge in [0.25, 0.3) is 5.91 Å². The van der Waals surface area contributed by atoms with Crippen LogP contribution >= 0.6 is 11.6 Å². The molecule has 0 spiro atoms. The topological polar surface area (TPSA) is 50.7 Å². The van der Waals surface area contributed by atoms with Gasteiger partial charge < -0.3 is 4.74 Å². The first-order valence-electron chi connectivity index (χ1n) is 8.06. The summed E-state index contributed by atoms with van der Waals surface area (Å²) in [6.07, 6.45) is 1.54. The Morgan fingerprint density at radius 3 is 2.50 bits per heavy atom. The normalized spacial score (nSPS) is 10.7. The van der Waals surface area contributed by atoms with E-state index in [2.05, 4.69) is 10.5 Å². The number of amides is 1. The third-order valence-corrected chi connectivity index (χ3v) is 3.83. The van der Waals surface area contributed by atoms with Crippen LogP contribution in [0.3, 0.4) is 0 Å². The highest BCUT2D eigenvalue weighted by molar-refractivity contribution is 6.30. The van der Waals surface area contributed by atoms with Gasteiger partial charge in [-0.3, -0.25) is 4.79 Å². The average Bonchev–Trinajstić information content (AvgIpc) is 2.67. The zero-order chi connectivity index (χ0) is 18.2. The summed E-state index contributed by atoms with van der Waals surface area (Å²) in [7, 11) is 0. The summed E-state index contributed by atoms with van der Waals surface area (Å²) in [5.74, 6) is 0.408. The summed E-state index contributed by atoms with van der Waals surface area (Å²) in [5, 5.41) is 4.56. The fourth-order valence-electron chi connectivity index (χ4n) is 2.26. The number of rotatable bonds is 6. The van der Waals surface area contributed by atoms with Crippen LogP contribution in [0.15, 0.2) is 84.0 Å². The predicted molar refractivity (Wildman–Crippen MR) is 104 cm³/mol. The Hall–Kier alpha value is -3.11. The Kier molecular flexibility index (Phi) is 6.01. The predicted octanol–water partition coefficient (Wildman–Crippen LogP) is 4.68. The van der Waals surface area contributed by atoms with Crippen LogP contribution < -0.4 is 10.2 Å². The van der Waals surface area contributed by atoms with E-state index in [1.54, 1.807) is 42.6 Å². The minimum Gasteiger partial charge on any atom is -0.489 e. The first-order chi connectivity index (χ1) is 12.7. The van der Waals surface area contributed by atoms with E-state index in [-0.39, 0.29) is 5.91 Å². The maximum Gasteiger partial charge on any atom is 0.271 e. The lowest BCUT2D eigenvalue weighted by Gasteiger charge is -2.07. The number of hydrogen-bond acceptors (Lipinski definition) is 3. The van der Waals surface area contributed by atoms with E-state index in [9.17, 15) is 4.79 Å². The zero-order valence-electron chi connectivity index (χ0n) is 13.9. The molecule has 0 saturated carbocycles. The van der Waals surface area contributed by atoms with E-state index in [0.717, 1.165) is 11.1 Å². The average molecular weight is 365 g/mol. The molecule has 0 saturated heterocycles. The molecule has 0 atom stereocenters. The largest absolute Gasteiger partial charge is 0.489 e. The van der Waals surface area contributed by atoms with Gasteiger partial charge in [0.15, 0.2) is 0 Å². The third kappa shape index (κ3) is 5.19. The van der Waals surface area contributed by atoms with E-state index >= 15 is 0 Å². The van der Waals surface area contributed by atoms with Gasteiger partial charge in [-0.05, 0) is 47.5 Å². The molecule has 0 bridgehead atoms. The van der Waals surface area contributed by atoms with Crippen LogP contribution in [0.5, 0.6) is 5.75 Å². The van der Waals surface area contributed by atoms with Crippen molar-refractivity contribution in [3.05, 3.63) is 101 Å². The van der Waals surface area contributed by atoms with Gasteiger partial charge in [-0.25, -0.2) is 5.43 Å². The Morgan fingerprint density at radius 2 is 1.77 bits per heavy atom. The van der Waals surface area contributed by atoms with E-state index < -0.39 is 0 Å². The Bertz CT molecular complexity index is 893. The van der Waals surface area contributed by atoms with Crippen molar-refractivity contribution in [3.8, 4) is 5.75 Å². The minimum atomic E-state index is -0.294. The van der Waals surface area contributed by atoms with Crippen molar-refractivity contribution in [1.82, 2.24) is 5.43 Å². The molecule has 5 heteroatoms. The fraction of sp³-hybridized carbons (Fsp3) is 0.0476. The number of benzene rings is 3. The number of hydrogen-bond donors (Lipinski definition) is 1. The van der Waals surface area contributed by atoms with E-state index in [1.807, 2.05) is 42.5 Å². The number of nitrogens with zero attached hydrogens (tertiary/aromatic N) is 1. The summed E-state index contributed by atoms with van der Waals surface area (Å²) in [6.45, 7) is 0.482. The lowest BCUT2D eigenvalue weighted by molar-refractivity contribution is 0.0955. The fourth-order valence-corrected chi connectivity index (χ4v) is 2.46. The van der Waals surface area contributed by atoms with Crippen molar-refractivity contribution in [2.24, 2.45) is 5.10 Å². The van der Waals surface area contributed by atoms with Crippen LogP contribution in [0, 0.1) is 0 Å². The van der Waals surface area contributed by atoms with Crippen LogP contribution in [-0.2, 0) is 6.61 Å².